The lowest BCUT2D eigenvalue weighted by molar-refractivity contribution is -0.115. The standard InChI is InChI=1S/C31H28N4O4S/c1-4-27(30(37)34-21-15-13-20(14-16-21)29(33)36)40-31-24(18-32)23(17-25(35-31)19-9-6-5-7-10-19)22-11-8-12-26(38-2)28(22)39-3/h5-17,27H,4H2,1-3H3,(H2,33,36)(H,34,37). The van der Waals surface area contributed by atoms with Gasteiger partial charge in [0.05, 0.1) is 30.7 Å². The van der Waals surface area contributed by atoms with Crippen molar-refractivity contribution in [3.05, 3.63) is 90.0 Å². The van der Waals surface area contributed by atoms with Crippen molar-refractivity contribution < 1.29 is 19.1 Å². The largest absolute Gasteiger partial charge is 0.493 e. The summed E-state index contributed by atoms with van der Waals surface area (Å²) in [6.07, 6.45) is 0.482. The predicted molar refractivity (Wildman–Crippen MR) is 156 cm³/mol. The lowest BCUT2D eigenvalue weighted by Crippen LogP contribution is -2.25. The van der Waals surface area contributed by atoms with Crippen molar-refractivity contribution in [2.75, 3.05) is 19.5 Å². The molecule has 8 nitrogen and oxygen atoms in total. The highest BCUT2D eigenvalue weighted by Crippen LogP contribution is 2.43. The number of nitriles is 1. The molecule has 0 aliphatic rings. The van der Waals surface area contributed by atoms with E-state index in [2.05, 4.69) is 11.4 Å². The molecule has 3 aromatic carbocycles. The van der Waals surface area contributed by atoms with Crippen molar-refractivity contribution in [1.82, 2.24) is 4.98 Å². The number of nitrogens with one attached hydrogen (secondary N) is 1. The summed E-state index contributed by atoms with van der Waals surface area (Å²) in [5.41, 5.74) is 9.33. The molecule has 0 bridgehead atoms. The Kier molecular flexibility index (Phi) is 9.04. The van der Waals surface area contributed by atoms with Gasteiger partial charge in [-0.05, 0) is 42.8 Å². The molecule has 4 rings (SSSR count). The fraction of sp³-hybridized carbons (Fsp3) is 0.161. The molecule has 9 heteroatoms. The van der Waals surface area contributed by atoms with E-state index < -0.39 is 11.2 Å². The number of hydrogen-bond donors (Lipinski definition) is 2. The second-order valence-corrected chi connectivity index (χ2v) is 9.89. The molecule has 0 aliphatic heterocycles. The van der Waals surface area contributed by atoms with Crippen LogP contribution >= 0.6 is 11.8 Å². The Bertz CT molecular complexity index is 1570. The number of thioether (sulfide) groups is 1. The summed E-state index contributed by atoms with van der Waals surface area (Å²) in [6.45, 7) is 1.90. The lowest BCUT2D eigenvalue weighted by atomic mass is 9.98. The van der Waals surface area contributed by atoms with E-state index in [1.807, 2.05) is 55.5 Å². The highest BCUT2D eigenvalue weighted by Gasteiger charge is 2.25. The molecule has 0 aliphatic carbocycles. The molecule has 0 saturated carbocycles. The number of carbonyl (C=O) groups is 2. The minimum Gasteiger partial charge on any atom is -0.493 e. The number of aromatic nitrogens is 1. The number of anilines is 1. The van der Waals surface area contributed by atoms with E-state index in [4.69, 9.17) is 20.2 Å². The quantitative estimate of drug-likeness (QED) is 0.234. The number of hydrogen-bond acceptors (Lipinski definition) is 7. The summed E-state index contributed by atoms with van der Waals surface area (Å²) in [7, 11) is 3.11. The molecule has 1 aromatic heterocycles. The molecule has 0 radical (unpaired) electrons. The van der Waals surface area contributed by atoms with Crippen LogP contribution in [-0.2, 0) is 4.79 Å². The zero-order valence-electron chi connectivity index (χ0n) is 22.3. The van der Waals surface area contributed by atoms with Crippen LogP contribution in [0.15, 0.2) is 83.9 Å². The van der Waals surface area contributed by atoms with Gasteiger partial charge in [0.2, 0.25) is 11.8 Å². The third-order valence-corrected chi connectivity index (χ3v) is 7.57. The van der Waals surface area contributed by atoms with Crippen LogP contribution in [0, 0.1) is 11.3 Å². The molecule has 1 unspecified atom stereocenters. The van der Waals surface area contributed by atoms with Crippen molar-refractivity contribution >= 4 is 29.3 Å². The smallest absolute Gasteiger partial charge is 0.248 e. The second kappa shape index (κ2) is 12.8. The minimum atomic E-state index is -0.554. The first-order valence-electron chi connectivity index (χ1n) is 12.5. The van der Waals surface area contributed by atoms with E-state index >= 15 is 0 Å². The molecule has 1 heterocycles. The van der Waals surface area contributed by atoms with Gasteiger partial charge in [0.1, 0.15) is 11.1 Å². The van der Waals surface area contributed by atoms with Crippen LogP contribution in [0.4, 0.5) is 5.69 Å². The Morgan fingerprint density at radius 2 is 1.73 bits per heavy atom. The van der Waals surface area contributed by atoms with E-state index in [0.717, 1.165) is 5.56 Å². The van der Waals surface area contributed by atoms with Crippen molar-refractivity contribution in [2.24, 2.45) is 5.73 Å². The first kappa shape index (κ1) is 28.2. The van der Waals surface area contributed by atoms with E-state index in [-0.39, 0.29) is 5.91 Å². The molecule has 0 spiro atoms. The van der Waals surface area contributed by atoms with Crippen molar-refractivity contribution in [3.8, 4) is 40.0 Å². The van der Waals surface area contributed by atoms with Gasteiger partial charge in [-0.25, -0.2) is 4.98 Å². The first-order valence-corrected chi connectivity index (χ1v) is 13.4. The second-order valence-electron chi connectivity index (χ2n) is 8.70. The molecule has 0 fully saturated rings. The molecule has 202 valence electrons. The maximum atomic E-state index is 13.3. The number of nitrogens with zero attached hydrogens (tertiary/aromatic N) is 2. The summed E-state index contributed by atoms with van der Waals surface area (Å²) >= 11 is 1.22. The van der Waals surface area contributed by atoms with Gasteiger partial charge in [0.15, 0.2) is 11.5 Å². The molecule has 2 amide bonds. The lowest BCUT2D eigenvalue weighted by Gasteiger charge is -2.19. The number of nitrogens with two attached hydrogens (primary N) is 1. The molecule has 0 saturated heterocycles. The number of ether oxygens (including phenoxy) is 2. The van der Waals surface area contributed by atoms with Gasteiger partial charge in [-0.15, -0.1) is 0 Å². The highest BCUT2D eigenvalue weighted by atomic mass is 32.2. The topological polar surface area (TPSA) is 127 Å². The number of primary amides is 1. The van der Waals surface area contributed by atoms with E-state index in [1.54, 1.807) is 44.6 Å². The average molecular weight is 553 g/mol. The number of benzene rings is 3. The van der Waals surface area contributed by atoms with E-state index in [1.165, 1.54) is 11.8 Å². The van der Waals surface area contributed by atoms with Crippen LogP contribution in [0.5, 0.6) is 11.5 Å². The zero-order chi connectivity index (χ0) is 28.6. The SMILES string of the molecule is CCC(Sc1nc(-c2ccccc2)cc(-c2cccc(OC)c2OC)c1C#N)C(=O)Nc1ccc(C(N)=O)cc1. The summed E-state index contributed by atoms with van der Waals surface area (Å²) < 4.78 is 11.2. The molecule has 3 N–H and O–H groups in total. The number of methoxy groups -OCH3 is 2. The third kappa shape index (κ3) is 6.08. The maximum absolute atomic E-state index is 13.3. The fourth-order valence-electron chi connectivity index (χ4n) is 4.18. The monoisotopic (exact) mass is 552 g/mol. The van der Waals surface area contributed by atoms with Crippen molar-refractivity contribution in [3.63, 3.8) is 0 Å². The van der Waals surface area contributed by atoms with Crippen LogP contribution in [0.3, 0.4) is 0 Å². The first-order chi connectivity index (χ1) is 19.4. The fourth-order valence-corrected chi connectivity index (χ4v) is 5.21. The van der Waals surface area contributed by atoms with Gasteiger partial charge >= 0.3 is 0 Å². The predicted octanol–water partition coefficient (Wildman–Crippen LogP) is 5.91. The van der Waals surface area contributed by atoms with E-state index in [9.17, 15) is 14.9 Å². The Balaban J connectivity index is 1.78. The summed E-state index contributed by atoms with van der Waals surface area (Å²) in [6, 6.07) is 25.6. The molecule has 40 heavy (non-hydrogen) atoms. The van der Waals surface area contributed by atoms with Gasteiger partial charge in [-0.3, -0.25) is 9.59 Å². The van der Waals surface area contributed by atoms with Crippen LogP contribution in [-0.4, -0.2) is 36.3 Å². The van der Waals surface area contributed by atoms with Crippen LogP contribution in [0.1, 0.15) is 29.3 Å². The zero-order valence-corrected chi connectivity index (χ0v) is 23.1. The van der Waals surface area contributed by atoms with Crippen LogP contribution in [0.2, 0.25) is 0 Å². The Morgan fingerprint density at radius 3 is 2.33 bits per heavy atom. The third-order valence-electron chi connectivity index (χ3n) is 6.21. The number of para-hydroxylation sites is 1. The number of amides is 2. The van der Waals surface area contributed by atoms with Crippen LogP contribution < -0.4 is 20.5 Å². The van der Waals surface area contributed by atoms with Gasteiger partial charge < -0.3 is 20.5 Å². The van der Waals surface area contributed by atoms with Gasteiger partial charge in [0.25, 0.3) is 0 Å². The van der Waals surface area contributed by atoms with Crippen molar-refractivity contribution in [2.45, 2.75) is 23.6 Å². The maximum Gasteiger partial charge on any atom is 0.248 e. The summed E-state index contributed by atoms with van der Waals surface area (Å²) in [5.74, 6) is 0.226. The number of rotatable bonds is 10. The van der Waals surface area contributed by atoms with Gasteiger partial charge in [-0.1, -0.05) is 61.2 Å². The average Bonchev–Trinajstić information content (AvgIpc) is 2.99. The Morgan fingerprint density at radius 1 is 1.00 bits per heavy atom. The number of carbonyl (C=O) groups excluding carboxylic acids is 2. The summed E-state index contributed by atoms with van der Waals surface area (Å²) in [5, 5.41) is 13.1. The Labute approximate surface area is 237 Å². The minimum absolute atomic E-state index is 0.254. The van der Waals surface area contributed by atoms with Gasteiger partial charge in [-0.2, -0.15) is 5.26 Å². The molecule has 1 atom stereocenters. The van der Waals surface area contributed by atoms with Gasteiger partial charge in [0, 0.05) is 27.9 Å². The molecular formula is C31H28N4O4S. The highest BCUT2D eigenvalue weighted by molar-refractivity contribution is 8.00. The summed E-state index contributed by atoms with van der Waals surface area (Å²) in [4.78, 5) is 29.5. The van der Waals surface area contributed by atoms with Crippen molar-refractivity contribution in [1.29, 1.82) is 5.26 Å². The number of pyridine rings is 1. The molecule has 4 aromatic rings. The molecular weight excluding hydrogens is 524 g/mol. The normalized spacial score (nSPS) is 11.2. The van der Waals surface area contributed by atoms with E-state index in [0.29, 0.717) is 56.6 Å². The Hall–Kier alpha value is -4.81. The van der Waals surface area contributed by atoms with Crippen LogP contribution in [0.25, 0.3) is 22.4 Å².